The molecular weight excluding hydrogens is 350 g/mol. The number of benzene rings is 1. The van der Waals surface area contributed by atoms with E-state index in [0.717, 1.165) is 51.0 Å². The molecule has 1 aromatic carbocycles. The summed E-state index contributed by atoms with van der Waals surface area (Å²) in [5, 5.41) is 0. The highest BCUT2D eigenvalue weighted by Gasteiger charge is 2.43. The number of amides is 1. The maximum atomic E-state index is 13.5. The SMILES string of the molecule is Cc1occc1C(=O)N1CC[C@@]2(CCCN(Cc3ccc(F)c(F)c3)C2)C1. The van der Waals surface area contributed by atoms with E-state index < -0.39 is 11.6 Å². The van der Waals surface area contributed by atoms with Crippen molar-refractivity contribution in [2.45, 2.75) is 32.7 Å². The van der Waals surface area contributed by atoms with E-state index in [1.165, 1.54) is 12.1 Å². The number of carbonyl (C=O) groups excluding carboxylic acids is 1. The van der Waals surface area contributed by atoms with Gasteiger partial charge in [-0.25, -0.2) is 8.78 Å². The van der Waals surface area contributed by atoms with E-state index in [1.807, 2.05) is 11.8 Å². The second kappa shape index (κ2) is 7.08. The molecule has 144 valence electrons. The standard InChI is InChI=1S/C21H24F2N2O2/c1-15-17(5-10-27-15)20(26)25-9-7-21(14-25)6-2-8-24(13-21)12-16-3-4-18(22)19(23)11-16/h3-5,10-11H,2,6-9,12-14H2,1H3/t21-/m1/s1. The highest BCUT2D eigenvalue weighted by atomic mass is 19.2. The number of likely N-dealkylation sites (tertiary alicyclic amines) is 2. The van der Waals surface area contributed by atoms with Gasteiger partial charge in [-0.05, 0) is 56.5 Å². The van der Waals surface area contributed by atoms with Crippen molar-refractivity contribution < 1.29 is 18.0 Å². The summed E-state index contributed by atoms with van der Waals surface area (Å²) in [6, 6.07) is 5.85. The van der Waals surface area contributed by atoms with Crippen LogP contribution in [0.3, 0.4) is 0 Å². The zero-order valence-electron chi connectivity index (χ0n) is 15.5. The van der Waals surface area contributed by atoms with Crippen LogP contribution in [0.25, 0.3) is 0 Å². The van der Waals surface area contributed by atoms with E-state index in [1.54, 1.807) is 18.4 Å². The van der Waals surface area contributed by atoms with Crippen LogP contribution in [0.15, 0.2) is 34.9 Å². The molecule has 2 aliphatic heterocycles. The molecule has 0 saturated carbocycles. The Balaban J connectivity index is 1.42. The van der Waals surface area contributed by atoms with Gasteiger partial charge in [-0.15, -0.1) is 0 Å². The largest absolute Gasteiger partial charge is 0.469 e. The van der Waals surface area contributed by atoms with Crippen molar-refractivity contribution in [1.82, 2.24) is 9.80 Å². The number of hydrogen-bond donors (Lipinski definition) is 0. The van der Waals surface area contributed by atoms with Crippen molar-refractivity contribution in [3.05, 3.63) is 59.1 Å². The number of furan rings is 1. The summed E-state index contributed by atoms with van der Waals surface area (Å²) in [5.41, 5.74) is 1.51. The normalized spacial score (nSPS) is 23.3. The van der Waals surface area contributed by atoms with E-state index in [0.29, 0.717) is 17.9 Å². The first-order valence-electron chi connectivity index (χ1n) is 9.45. The Kier molecular flexibility index (Phi) is 4.76. The first-order chi connectivity index (χ1) is 13.0. The van der Waals surface area contributed by atoms with Crippen LogP contribution >= 0.6 is 0 Å². The molecule has 0 bridgehead atoms. The molecule has 2 aliphatic rings. The molecule has 0 aliphatic carbocycles. The molecule has 1 atom stereocenters. The fraction of sp³-hybridized carbons (Fsp3) is 0.476. The molecule has 1 amide bonds. The Morgan fingerprint density at radius 1 is 1.15 bits per heavy atom. The Labute approximate surface area is 157 Å². The number of aryl methyl sites for hydroxylation is 1. The second-order valence-electron chi connectivity index (χ2n) is 7.93. The predicted molar refractivity (Wildman–Crippen MR) is 97.3 cm³/mol. The lowest BCUT2D eigenvalue weighted by atomic mass is 9.79. The van der Waals surface area contributed by atoms with Gasteiger partial charge in [0.25, 0.3) is 5.91 Å². The Bertz CT molecular complexity index is 850. The van der Waals surface area contributed by atoms with Crippen LogP contribution in [0.5, 0.6) is 0 Å². The third-order valence-electron chi connectivity index (χ3n) is 5.95. The molecular formula is C21H24F2N2O2. The number of rotatable bonds is 3. The van der Waals surface area contributed by atoms with Gasteiger partial charge in [0.15, 0.2) is 11.6 Å². The zero-order chi connectivity index (χ0) is 19.0. The molecule has 0 unspecified atom stereocenters. The van der Waals surface area contributed by atoms with Gasteiger partial charge in [0, 0.05) is 31.6 Å². The second-order valence-corrected chi connectivity index (χ2v) is 7.93. The number of carbonyl (C=O) groups is 1. The smallest absolute Gasteiger partial charge is 0.257 e. The van der Waals surface area contributed by atoms with E-state index in [2.05, 4.69) is 4.90 Å². The average Bonchev–Trinajstić information content (AvgIpc) is 3.24. The molecule has 0 N–H and O–H groups in total. The highest BCUT2D eigenvalue weighted by molar-refractivity contribution is 5.95. The Morgan fingerprint density at radius 3 is 2.74 bits per heavy atom. The summed E-state index contributed by atoms with van der Waals surface area (Å²) < 4.78 is 31.9. The highest BCUT2D eigenvalue weighted by Crippen LogP contribution is 2.40. The van der Waals surface area contributed by atoms with Gasteiger partial charge < -0.3 is 9.32 Å². The van der Waals surface area contributed by atoms with Gasteiger partial charge in [-0.1, -0.05) is 6.07 Å². The number of nitrogens with zero attached hydrogens (tertiary/aromatic N) is 2. The summed E-state index contributed by atoms with van der Waals surface area (Å²) in [6.07, 6.45) is 4.67. The Morgan fingerprint density at radius 2 is 2.00 bits per heavy atom. The topological polar surface area (TPSA) is 36.7 Å². The van der Waals surface area contributed by atoms with E-state index in [-0.39, 0.29) is 11.3 Å². The summed E-state index contributed by atoms with van der Waals surface area (Å²) in [7, 11) is 0. The van der Waals surface area contributed by atoms with Crippen LogP contribution < -0.4 is 0 Å². The lowest BCUT2D eigenvalue weighted by molar-refractivity contribution is 0.0674. The van der Waals surface area contributed by atoms with Crippen LogP contribution in [0, 0.1) is 24.0 Å². The van der Waals surface area contributed by atoms with Gasteiger partial charge in [0.2, 0.25) is 0 Å². The van der Waals surface area contributed by atoms with Crippen LogP contribution in [-0.2, 0) is 6.54 Å². The van der Waals surface area contributed by atoms with Crippen molar-refractivity contribution in [2.75, 3.05) is 26.2 Å². The van der Waals surface area contributed by atoms with Crippen molar-refractivity contribution >= 4 is 5.91 Å². The number of piperidine rings is 1. The number of halogens is 2. The lowest BCUT2D eigenvalue weighted by Crippen LogP contribution is -2.45. The van der Waals surface area contributed by atoms with E-state index in [4.69, 9.17) is 4.42 Å². The first-order valence-corrected chi connectivity index (χ1v) is 9.45. The fourth-order valence-corrected chi connectivity index (χ4v) is 4.56. The molecule has 1 spiro atoms. The molecule has 4 rings (SSSR count). The van der Waals surface area contributed by atoms with Gasteiger partial charge in [0.1, 0.15) is 5.76 Å². The van der Waals surface area contributed by atoms with Crippen LogP contribution in [0.4, 0.5) is 8.78 Å². The van der Waals surface area contributed by atoms with Gasteiger partial charge in [-0.2, -0.15) is 0 Å². The molecule has 4 nitrogen and oxygen atoms in total. The molecule has 1 aromatic heterocycles. The quantitative estimate of drug-likeness (QED) is 0.815. The fourth-order valence-electron chi connectivity index (χ4n) is 4.56. The minimum absolute atomic E-state index is 0.0378. The van der Waals surface area contributed by atoms with Gasteiger partial charge >= 0.3 is 0 Å². The zero-order valence-corrected chi connectivity index (χ0v) is 15.5. The van der Waals surface area contributed by atoms with Crippen LogP contribution in [-0.4, -0.2) is 41.9 Å². The van der Waals surface area contributed by atoms with E-state index >= 15 is 0 Å². The van der Waals surface area contributed by atoms with E-state index in [9.17, 15) is 13.6 Å². The lowest BCUT2D eigenvalue weighted by Gasteiger charge is -2.40. The van der Waals surface area contributed by atoms with Crippen molar-refractivity contribution in [2.24, 2.45) is 5.41 Å². The summed E-state index contributed by atoms with van der Waals surface area (Å²) >= 11 is 0. The van der Waals surface area contributed by atoms with Crippen LogP contribution in [0.2, 0.25) is 0 Å². The Hall–Kier alpha value is -2.21. The van der Waals surface area contributed by atoms with Crippen molar-refractivity contribution in [1.29, 1.82) is 0 Å². The average molecular weight is 374 g/mol. The third-order valence-corrected chi connectivity index (χ3v) is 5.95. The monoisotopic (exact) mass is 374 g/mol. The molecule has 2 fully saturated rings. The summed E-state index contributed by atoms with van der Waals surface area (Å²) in [6.45, 7) is 5.72. The molecule has 2 aromatic rings. The first kappa shape index (κ1) is 18.2. The minimum Gasteiger partial charge on any atom is -0.469 e. The van der Waals surface area contributed by atoms with Crippen molar-refractivity contribution in [3.63, 3.8) is 0 Å². The molecule has 27 heavy (non-hydrogen) atoms. The maximum absolute atomic E-state index is 13.5. The molecule has 2 saturated heterocycles. The minimum atomic E-state index is -0.812. The van der Waals surface area contributed by atoms with Crippen LogP contribution in [0.1, 0.15) is 40.9 Å². The van der Waals surface area contributed by atoms with Crippen molar-refractivity contribution in [3.8, 4) is 0 Å². The summed E-state index contributed by atoms with van der Waals surface area (Å²) in [5.74, 6) is -0.916. The molecule has 3 heterocycles. The predicted octanol–water partition coefficient (Wildman–Crippen LogP) is 3.99. The molecule has 0 radical (unpaired) electrons. The van der Waals surface area contributed by atoms with Gasteiger partial charge in [-0.3, -0.25) is 9.69 Å². The van der Waals surface area contributed by atoms with Gasteiger partial charge in [0.05, 0.1) is 11.8 Å². The number of hydrogen-bond acceptors (Lipinski definition) is 3. The summed E-state index contributed by atoms with van der Waals surface area (Å²) in [4.78, 5) is 17.0. The molecule has 6 heteroatoms. The third kappa shape index (κ3) is 3.63. The maximum Gasteiger partial charge on any atom is 0.257 e.